The van der Waals surface area contributed by atoms with Gasteiger partial charge in [-0.25, -0.2) is 4.98 Å². The first-order valence-corrected chi connectivity index (χ1v) is 12.2. The Bertz CT molecular complexity index is 1370. The molecule has 1 aromatic heterocycles. The molecule has 1 aliphatic carbocycles. The molecule has 1 fully saturated rings. The van der Waals surface area contributed by atoms with Crippen molar-refractivity contribution in [2.75, 3.05) is 18.0 Å². The molecule has 1 spiro atoms. The quantitative estimate of drug-likeness (QED) is 0.339. The summed E-state index contributed by atoms with van der Waals surface area (Å²) in [5, 5.41) is 0.946. The van der Waals surface area contributed by atoms with E-state index in [1.807, 2.05) is 18.2 Å². The van der Waals surface area contributed by atoms with Gasteiger partial charge in [0.15, 0.2) is 5.58 Å². The van der Waals surface area contributed by atoms with Gasteiger partial charge in [0.1, 0.15) is 5.52 Å². The molecule has 4 nitrogen and oxygen atoms in total. The second-order valence-electron chi connectivity index (χ2n) is 9.38. The number of oxazole rings is 1. The molecule has 1 saturated heterocycles. The SMILES string of the molecule is Cc1c(N2CCC3(CC2)Cc2ccccc2[C@H]3N)ccc2oc(-c3cccc(Cl)c3Cl)nc12. The van der Waals surface area contributed by atoms with Gasteiger partial charge < -0.3 is 15.1 Å². The average molecular weight is 478 g/mol. The highest BCUT2D eigenvalue weighted by atomic mass is 35.5. The number of anilines is 1. The first-order chi connectivity index (χ1) is 16.0. The molecule has 2 aliphatic rings. The highest BCUT2D eigenvalue weighted by molar-refractivity contribution is 6.43. The van der Waals surface area contributed by atoms with Crippen LogP contribution in [0.5, 0.6) is 0 Å². The third kappa shape index (κ3) is 3.27. The zero-order valence-corrected chi connectivity index (χ0v) is 20.0. The van der Waals surface area contributed by atoms with E-state index >= 15 is 0 Å². The summed E-state index contributed by atoms with van der Waals surface area (Å²) in [5.74, 6) is 0.491. The normalized spacial score (nSPS) is 19.4. The minimum atomic E-state index is 0.125. The molecule has 0 unspecified atom stereocenters. The summed E-state index contributed by atoms with van der Waals surface area (Å²) in [6, 6.07) is 18.4. The summed E-state index contributed by atoms with van der Waals surface area (Å²) in [4.78, 5) is 7.26. The predicted octanol–water partition coefficient (Wildman–Crippen LogP) is 6.95. The smallest absolute Gasteiger partial charge is 0.228 e. The van der Waals surface area contributed by atoms with Crippen molar-refractivity contribution >= 4 is 40.0 Å². The molecule has 2 heterocycles. The Morgan fingerprint density at radius 1 is 1.03 bits per heavy atom. The number of hydrogen-bond donors (Lipinski definition) is 1. The van der Waals surface area contributed by atoms with Gasteiger partial charge in [0, 0.05) is 30.4 Å². The fraction of sp³-hybridized carbons (Fsp3) is 0.296. The number of piperidine rings is 1. The topological polar surface area (TPSA) is 55.3 Å². The molecule has 6 rings (SSSR count). The van der Waals surface area contributed by atoms with Crippen LogP contribution in [0.15, 0.2) is 59.0 Å². The summed E-state index contributed by atoms with van der Waals surface area (Å²) >= 11 is 12.6. The monoisotopic (exact) mass is 477 g/mol. The zero-order chi connectivity index (χ0) is 22.7. The maximum absolute atomic E-state index is 6.76. The zero-order valence-electron chi connectivity index (χ0n) is 18.4. The molecule has 1 atom stereocenters. The van der Waals surface area contributed by atoms with Crippen molar-refractivity contribution in [3.05, 3.63) is 81.3 Å². The van der Waals surface area contributed by atoms with Gasteiger partial charge in [-0.05, 0) is 67.0 Å². The molecule has 0 amide bonds. The molecule has 3 aromatic carbocycles. The largest absolute Gasteiger partial charge is 0.436 e. The summed E-state index contributed by atoms with van der Waals surface area (Å²) in [7, 11) is 0. The fourth-order valence-electron chi connectivity index (χ4n) is 5.74. The molecule has 33 heavy (non-hydrogen) atoms. The van der Waals surface area contributed by atoms with Crippen LogP contribution >= 0.6 is 23.2 Å². The third-order valence-corrected chi connectivity index (χ3v) is 8.48. The van der Waals surface area contributed by atoms with Crippen LogP contribution in [0.25, 0.3) is 22.6 Å². The van der Waals surface area contributed by atoms with Crippen molar-refractivity contribution in [1.82, 2.24) is 4.98 Å². The van der Waals surface area contributed by atoms with Gasteiger partial charge in [0.05, 0.1) is 15.6 Å². The number of halogens is 2. The van der Waals surface area contributed by atoms with Crippen LogP contribution in [0.1, 0.15) is 35.6 Å². The lowest BCUT2D eigenvalue weighted by Crippen LogP contribution is -2.44. The first-order valence-electron chi connectivity index (χ1n) is 11.4. The van der Waals surface area contributed by atoms with Crippen molar-refractivity contribution in [2.24, 2.45) is 11.1 Å². The predicted molar refractivity (Wildman–Crippen MR) is 135 cm³/mol. The van der Waals surface area contributed by atoms with Crippen molar-refractivity contribution in [2.45, 2.75) is 32.2 Å². The van der Waals surface area contributed by atoms with E-state index < -0.39 is 0 Å². The van der Waals surface area contributed by atoms with Crippen LogP contribution in [0.3, 0.4) is 0 Å². The first kappa shape index (κ1) is 21.0. The molecular formula is C27H25Cl2N3O. The van der Waals surface area contributed by atoms with Crippen LogP contribution in [0, 0.1) is 12.3 Å². The van der Waals surface area contributed by atoms with Crippen LogP contribution in [0.2, 0.25) is 10.0 Å². The number of nitrogens with two attached hydrogens (primary N) is 1. The molecule has 4 aromatic rings. The molecule has 1 aliphatic heterocycles. The lowest BCUT2D eigenvalue weighted by atomic mass is 9.73. The van der Waals surface area contributed by atoms with Gasteiger partial charge in [-0.3, -0.25) is 0 Å². The van der Waals surface area contributed by atoms with E-state index in [1.54, 1.807) is 6.07 Å². The molecular weight excluding hydrogens is 453 g/mol. The van der Waals surface area contributed by atoms with Gasteiger partial charge in [0.2, 0.25) is 5.89 Å². The van der Waals surface area contributed by atoms with E-state index in [0.29, 0.717) is 21.5 Å². The van der Waals surface area contributed by atoms with Gasteiger partial charge >= 0.3 is 0 Å². The number of aryl methyl sites for hydroxylation is 1. The van der Waals surface area contributed by atoms with Crippen molar-refractivity contribution in [3.8, 4) is 11.5 Å². The minimum absolute atomic E-state index is 0.125. The maximum atomic E-state index is 6.76. The van der Waals surface area contributed by atoms with Crippen LogP contribution in [-0.2, 0) is 6.42 Å². The number of nitrogens with zero attached hydrogens (tertiary/aromatic N) is 2. The van der Waals surface area contributed by atoms with Crippen LogP contribution in [0.4, 0.5) is 5.69 Å². The van der Waals surface area contributed by atoms with Crippen molar-refractivity contribution in [1.29, 1.82) is 0 Å². The van der Waals surface area contributed by atoms with Gasteiger partial charge in [-0.15, -0.1) is 0 Å². The highest BCUT2D eigenvalue weighted by Gasteiger charge is 2.45. The van der Waals surface area contributed by atoms with E-state index in [0.717, 1.165) is 49.0 Å². The van der Waals surface area contributed by atoms with Gasteiger partial charge in [-0.1, -0.05) is 53.5 Å². The summed E-state index contributed by atoms with van der Waals surface area (Å²) in [6.45, 7) is 4.09. The van der Waals surface area contributed by atoms with Crippen molar-refractivity contribution < 1.29 is 4.42 Å². The van der Waals surface area contributed by atoms with Crippen LogP contribution < -0.4 is 10.6 Å². The number of rotatable bonds is 2. The van der Waals surface area contributed by atoms with E-state index in [2.05, 4.69) is 42.2 Å². The molecule has 2 N–H and O–H groups in total. The Balaban J connectivity index is 1.28. The Morgan fingerprint density at radius 3 is 2.61 bits per heavy atom. The number of benzene rings is 3. The van der Waals surface area contributed by atoms with Gasteiger partial charge in [-0.2, -0.15) is 0 Å². The molecule has 6 heteroatoms. The second-order valence-corrected chi connectivity index (χ2v) is 10.2. The molecule has 0 saturated carbocycles. The Labute approximate surface area is 203 Å². The Morgan fingerprint density at radius 2 is 1.82 bits per heavy atom. The van der Waals surface area contributed by atoms with Crippen LogP contribution in [-0.4, -0.2) is 18.1 Å². The van der Waals surface area contributed by atoms with E-state index in [-0.39, 0.29) is 11.5 Å². The molecule has 0 bridgehead atoms. The number of hydrogen-bond acceptors (Lipinski definition) is 4. The lowest BCUT2D eigenvalue weighted by Gasteiger charge is -2.43. The molecule has 168 valence electrons. The van der Waals surface area contributed by atoms with Crippen molar-refractivity contribution in [3.63, 3.8) is 0 Å². The highest BCUT2D eigenvalue weighted by Crippen LogP contribution is 2.51. The van der Waals surface area contributed by atoms with E-state index in [4.69, 9.17) is 38.3 Å². The summed E-state index contributed by atoms with van der Waals surface area (Å²) in [6.07, 6.45) is 3.26. The van der Waals surface area contributed by atoms with E-state index in [9.17, 15) is 0 Å². The standard InChI is InChI=1S/C27H25Cl2N3O/c1-16-21(9-10-22-24(16)31-26(33-22)19-7-4-8-20(28)23(19)29)32-13-11-27(12-14-32)15-17-5-2-3-6-18(17)25(27)30/h2-10,25H,11-15,30H2,1H3/t25-/m1/s1. The lowest BCUT2D eigenvalue weighted by molar-refractivity contribution is 0.187. The van der Waals surface area contributed by atoms with Gasteiger partial charge in [0.25, 0.3) is 0 Å². The number of fused-ring (bicyclic) bond motifs is 2. The maximum Gasteiger partial charge on any atom is 0.228 e. The van der Waals surface area contributed by atoms with E-state index in [1.165, 1.54) is 16.8 Å². The Hall–Kier alpha value is -2.53. The summed E-state index contributed by atoms with van der Waals surface area (Å²) in [5.41, 5.74) is 14.3. The third-order valence-electron chi connectivity index (χ3n) is 7.66. The average Bonchev–Trinajstić information content (AvgIpc) is 3.37. The Kier molecular flexibility index (Phi) is 4.95. The fourth-order valence-corrected chi connectivity index (χ4v) is 6.12. The minimum Gasteiger partial charge on any atom is -0.436 e. The molecule has 0 radical (unpaired) electrons. The number of aromatic nitrogens is 1. The second kappa shape index (κ2) is 7.76. The summed E-state index contributed by atoms with van der Waals surface area (Å²) < 4.78 is 6.05.